The zero-order valence-corrected chi connectivity index (χ0v) is 18.6. The van der Waals surface area contributed by atoms with Crippen molar-refractivity contribution in [2.24, 2.45) is 0 Å². The molecular formula is C24H31FN6. The number of rotatable bonds is 3. The molecule has 0 saturated carbocycles. The summed E-state index contributed by atoms with van der Waals surface area (Å²) in [6.45, 7) is 6.16. The fourth-order valence-corrected chi connectivity index (χ4v) is 5.09. The van der Waals surface area contributed by atoms with Crippen LogP contribution in [0.15, 0.2) is 36.5 Å². The number of fused-ring (bicyclic) bond motifs is 1. The molecule has 2 aliphatic heterocycles. The molecule has 0 aliphatic carbocycles. The van der Waals surface area contributed by atoms with Gasteiger partial charge in [0.15, 0.2) is 0 Å². The summed E-state index contributed by atoms with van der Waals surface area (Å²) >= 11 is 0. The standard InChI is InChI=1S/C24H31FN6/c1-16-6-5-9-26-22(16)20-14-17(25)15-21(30(20)3)24-27-18-7-4-8-19(23(18)28-24)31-12-10-29(2)11-13-31/h4-9,17,20-21H,10-15H2,1-3H3,(H,27,28)/t17-,20+,21-/m1/s1. The van der Waals surface area contributed by atoms with Crippen LogP contribution in [0.5, 0.6) is 0 Å². The zero-order valence-electron chi connectivity index (χ0n) is 18.6. The Labute approximate surface area is 183 Å². The van der Waals surface area contributed by atoms with Crippen LogP contribution in [0.2, 0.25) is 0 Å². The molecule has 0 radical (unpaired) electrons. The van der Waals surface area contributed by atoms with E-state index in [9.17, 15) is 4.39 Å². The molecule has 2 aromatic heterocycles. The zero-order chi connectivity index (χ0) is 21.5. The summed E-state index contributed by atoms with van der Waals surface area (Å²) in [5.41, 5.74) is 5.27. The summed E-state index contributed by atoms with van der Waals surface area (Å²) < 4.78 is 14.9. The van der Waals surface area contributed by atoms with Crippen LogP contribution in [0.1, 0.15) is 42.0 Å². The number of likely N-dealkylation sites (N-methyl/N-ethyl adjacent to an activating group) is 1. The van der Waals surface area contributed by atoms with Crippen LogP contribution in [0, 0.1) is 6.92 Å². The number of aromatic amines is 1. The van der Waals surface area contributed by atoms with E-state index in [-0.39, 0.29) is 12.1 Å². The van der Waals surface area contributed by atoms with Gasteiger partial charge in [0, 0.05) is 38.8 Å². The van der Waals surface area contributed by atoms with Crippen molar-refractivity contribution in [2.45, 2.75) is 38.0 Å². The quantitative estimate of drug-likeness (QED) is 0.695. The molecule has 2 fully saturated rings. The fraction of sp³-hybridized carbons (Fsp3) is 0.500. The number of pyridine rings is 1. The number of nitrogens with zero attached hydrogens (tertiary/aromatic N) is 5. The average Bonchev–Trinajstić information content (AvgIpc) is 3.20. The lowest BCUT2D eigenvalue weighted by Crippen LogP contribution is -2.44. The topological polar surface area (TPSA) is 51.3 Å². The number of alkyl halides is 1. The number of para-hydroxylation sites is 1. The highest BCUT2D eigenvalue weighted by atomic mass is 19.1. The number of piperazine rings is 1. The maximum Gasteiger partial charge on any atom is 0.124 e. The molecule has 6 nitrogen and oxygen atoms in total. The van der Waals surface area contributed by atoms with Gasteiger partial charge in [-0.05, 0) is 51.2 Å². The van der Waals surface area contributed by atoms with Crippen molar-refractivity contribution >= 4 is 16.7 Å². The molecule has 0 bridgehead atoms. The van der Waals surface area contributed by atoms with E-state index in [1.54, 1.807) is 6.20 Å². The van der Waals surface area contributed by atoms with Crippen LogP contribution in [0.4, 0.5) is 10.1 Å². The van der Waals surface area contributed by atoms with Crippen molar-refractivity contribution in [3.8, 4) is 0 Å². The first-order valence-electron chi connectivity index (χ1n) is 11.2. The van der Waals surface area contributed by atoms with Crippen LogP contribution < -0.4 is 4.90 Å². The van der Waals surface area contributed by atoms with Crippen molar-refractivity contribution in [3.05, 3.63) is 53.6 Å². The summed E-state index contributed by atoms with van der Waals surface area (Å²) in [7, 11) is 4.24. The summed E-state index contributed by atoms with van der Waals surface area (Å²) in [6.07, 6.45) is 1.84. The van der Waals surface area contributed by atoms with E-state index < -0.39 is 6.17 Å². The Kier molecular flexibility index (Phi) is 5.40. The number of likely N-dealkylation sites (tertiary alicyclic amines) is 1. The van der Waals surface area contributed by atoms with Gasteiger partial charge in [-0.2, -0.15) is 0 Å². The minimum atomic E-state index is -0.877. The van der Waals surface area contributed by atoms with Crippen LogP contribution in [-0.2, 0) is 0 Å². The van der Waals surface area contributed by atoms with E-state index >= 15 is 0 Å². The molecular weight excluding hydrogens is 391 g/mol. The molecule has 3 aromatic rings. The smallest absolute Gasteiger partial charge is 0.124 e. The lowest BCUT2D eigenvalue weighted by molar-refractivity contribution is 0.0516. The van der Waals surface area contributed by atoms with Gasteiger partial charge < -0.3 is 14.8 Å². The van der Waals surface area contributed by atoms with E-state index in [1.165, 1.54) is 5.69 Å². The second kappa shape index (κ2) is 8.20. The maximum absolute atomic E-state index is 14.9. The van der Waals surface area contributed by atoms with Crippen LogP contribution in [0.3, 0.4) is 0 Å². The van der Waals surface area contributed by atoms with E-state index in [2.05, 4.69) is 63.9 Å². The number of halogens is 1. The van der Waals surface area contributed by atoms with Gasteiger partial charge in [0.2, 0.25) is 0 Å². The van der Waals surface area contributed by atoms with Crippen molar-refractivity contribution in [1.29, 1.82) is 0 Å². The van der Waals surface area contributed by atoms with Gasteiger partial charge in [0.1, 0.15) is 12.0 Å². The predicted molar refractivity (Wildman–Crippen MR) is 122 cm³/mol. The molecule has 0 amide bonds. The van der Waals surface area contributed by atoms with Crippen molar-refractivity contribution in [2.75, 3.05) is 45.2 Å². The lowest BCUT2D eigenvalue weighted by Gasteiger charge is -2.40. The summed E-state index contributed by atoms with van der Waals surface area (Å²) in [4.78, 5) is 20.1. The largest absolute Gasteiger partial charge is 0.367 e. The second-order valence-electron chi connectivity index (χ2n) is 9.05. The molecule has 1 aromatic carbocycles. The number of anilines is 1. The number of piperidine rings is 1. The molecule has 164 valence electrons. The average molecular weight is 423 g/mol. The van der Waals surface area contributed by atoms with E-state index in [0.29, 0.717) is 12.8 Å². The Bertz CT molecular complexity index is 1060. The first-order chi connectivity index (χ1) is 15.0. The van der Waals surface area contributed by atoms with Crippen LogP contribution in [0.25, 0.3) is 11.0 Å². The molecule has 3 atom stereocenters. The number of aromatic nitrogens is 3. The summed E-state index contributed by atoms with van der Waals surface area (Å²) in [5.74, 6) is 0.847. The van der Waals surface area contributed by atoms with Gasteiger partial charge in [-0.3, -0.25) is 9.88 Å². The molecule has 1 N–H and O–H groups in total. The maximum atomic E-state index is 14.9. The van der Waals surface area contributed by atoms with Crippen molar-refractivity contribution < 1.29 is 4.39 Å². The lowest BCUT2D eigenvalue weighted by atomic mass is 9.90. The van der Waals surface area contributed by atoms with E-state index in [4.69, 9.17) is 4.98 Å². The summed E-state index contributed by atoms with van der Waals surface area (Å²) in [6, 6.07) is 10.1. The number of nitrogens with one attached hydrogen (secondary N) is 1. The monoisotopic (exact) mass is 422 g/mol. The second-order valence-corrected chi connectivity index (χ2v) is 9.05. The van der Waals surface area contributed by atoms with Gasteiger partial charge in [-0.15, -0.1) is 0 Å². The van der Waals surface area contributed by atoms with Gasteiger partial charge in [-0.25, -0.2) is 9.37 Å². The first-order valence-corrected chi connectivity index (χ1v) is 11.2. The highest BCUT2D eigenvalue weighted by Gasteiger charge is 2.38. The Morgan fingerprint density at radius 2 is 1.77 bits per heavy atom. The molecule has 7 heteroatoms. The number of hydrogen-bond donors (Lipinski definition) is 1. The number of imidazole rings is 1. The third-order valence-electron chi connectivity index (χ3n) is 6.98. The van der Waals surface area contributed by atoms with Crippen molar-refractivity contribution in [1.82, 2.24) is 24.8 Å². The molecule has 2 aliphatic rings. The molecule has 31 heavy (non-hydrogen) atoms. The summed E-state index contributed by atoms with van der Waals surface area (Å²) in [5, 5.41) is 0. The minimum absolute atomic E-state index is 0.0553. The molecule has 0 spiro atoms. The van der Waals surface area contributed by atoms with Crippen molar-refractivity contribution in [3.63, 3.8) is 0 Å². The highest BCUT2D eigenvalue weighted by molar-refractivity contribution is 5.89. The number of hydrogen-bond acceptors (Lipinski definition) is 5. The predicted octanol–water partition coefficient (Wildman–Crippen LogP) is 3.86. The van der Waals surface area contributed by atoms with Gasteiger partial charge >= 0.3 is 0 Å². The van der Waals surface area contributed by atoms with Gasteiger partial charge in [-0.1, -0.05) is 12.1 Å². The Hall–Kier alpha value is -2.51. The Morgan fingerprint density at radius 3 is 2.55 bits per heavy atom. The van der Waals surface area contributed by atoms with E-state index in [0.717, 1.165) is 54.3 Å². The Balaban J connectivity index is 1.48. The van der Waals surface area contributed by atoms with Gasteiger partial charge in [0.25, 0.3) is 0 Å². The normalized spacial score (nSPS) is 25.9. The highest BCUT2D eigenvalue weighted by Crippen LogP contribution is 2.41. The number of H-pyrrole nitrogens is 1. The van der Waals surface area contributed by atoms with E-state index in [1.807, 2.05) is 12.1 Å². The van der Waals surface area contributed by atoms with Crippen LogP contribution in [-0.4, -0.2) is 71.2 Å². The SMILES string of the molecule is Cc1cccnc1[C@@H]1C[C@@H](F)C[C@H](c2nc3cccc(N4CCN(C)CC4)c3[nH]2)N1C. The molecule has 4 heterocycles. The minimum Gasteiger partial charge on any atom is -0.367 e. The fourth-order valence-electron chi connectivity index (χ4n) is 5.09. The number of benzene rings is 1. The first kappa shape index (κ1) is 20.4. The molecule has 5 rings (SSSR count). The Morgan fingerprint density at radius 1 is 1.00 bits per heavy atom. The van der Waals surface area contributed by atoms with Gasteiger partial charge in [0.05, 0.1) is 34.5 Å². The third kappa shape index (κ3) is 3.81. The van der Waals surface area contributed by atoms with Crippen LogP contribution >= 0.6 is 0 Å². The number of aryl methyl sites for hydroxylation is 1. The molecule has 0 unspecified atom stereocenters. The third-order valence-corrected chi connectivity index (χ3v) is 6.98. The molecule has 2 saturated heterocycles.